The molecule has 1 atom stereocenters. The van der Waals surface area contributed by atoms with Gasteiger partial charge in [-0.25, -0.2) is 9.97 Å². The molecule has 2 aromatic carbocycles. The van der Waals surface area contributed by atoms with Crippen molar-refractivity contribution in [3.8, 4) is 0 Å². The highest BCUT2D eigenvalue weighted by Crippen LogP contribution is 2.24. The molecule has 3 aromatic rings. The molecule has 0 aliphatic rings. The van der Waals surface area contributed by atoms with E-state index in [9.17, 15) is 0 Å². The molecule has 0 radical (unpaired) electrons. The van der Waals surface area contributed by atoms with Crippen LogP contribution in [0.3, 0.4) is 0 Å². The average Bonchev–Trinajstić information content (AvgIpc) is 2.55. The summed E-state index contributed by atoms with van der Waals surface area (Å²) in [5, 5.41) is 5.10. The number of likely N-dealkylation sites (N-methyl/N-ethyl adjacent to an activating group) is 1. The summed E-state index contributed by atoms with van der Waals surface area (Å²) in [4.78, 5) is 10.9. The summed E-state index contributed by atoms with van der Waals surface area (Å²) >= 11 is 6.03. The van der Waals surface area contributed by atoms with E-state index in [1.807, 2.05) is 24.3 Å². The molecule has 1 N–H and O–H groups in total. The van der Waals surface area contributed by atoms with E-state index in [1.54, 1.807) is 6.33 Å². The van der Waals surface area contributed by atoms with Gasteiger partial charge in [-0.05, 0) is 37.9 Å². The lowest BCUT2D eigenvalue weighted by molar-refractivity contribution is 0.311. The quantitative estimate of drug-likeness (QED) is 0.769. The van der Waals surface area contributed by atoms with E-state index in [1.165, 1.54) is 5.56 Å². The second kappa shape index (κ2) is 6.94. The van der Waals surface area contributed by atoms with E-state index in [0.717, 1.165) is 23.3 Å². The van der Waals surface area contributed by atoms with Gasteiger partial charge < -0.3 is 10.2 Å². The molecule has 1 aromatic heterocycles. The Kier molecular flexibility index (Phi) is 4.74. The largest absolute Gasteiger partial charge is 0.368 e. The molecule has 1 heterocycles. The predicted octanol–water partition coefficient (Wildman–Crippen LogP) is 4.00. The highest BCUT2D eigenvalue weighted by Gasteiger charge is 2.14. The van der Waals surface area contributed by atoms with Gasteiger partial charge in [0.05, 0.1) is 11.6 Å². The van der Waals surface area contributed by atoms with Gasteiger partial charge in [0.15, 0.2) is 0 Å². The standard InChI is InChI=1S/C18H19ClN4/c1-23(2)17(13-6-4-3-5-7-13)11-20-18-15-9-8-14(19)10-16(15)21-12-22-18/h3-10,12,17H,11H2,1-2H3,(H,20,21,22). The molecule has 0 bridgehead atoms. The molecule has 0 fully saturated rings. The fourth-order valence-electron chi connectivity index (χ4n) is 2.64. The van der Waals surface area contributed by atoms with E-state index in [4.69, 9.17) is 11.6 Å². The smallest absolute Gasteiger partial charge is 0.137 e. The minimum atomic E-state index is 0.258. The molecular weight excluding hydrogens is 308 g/mol. The second-order valence-electron chi connectivity index (χ2n) is 5.65. The van der Waals surface area contributed by atoms with Crippen molar-refractivity contribution in [2.24, 2.45) is 0 Å². The first-order chi connectivity index (χ1) is 11.1. The Balaban J connectivity index is 1.84. The number of aromatic nitrogens is 2. The van der Waals surface area contributed by atoms with Crippen LogP contribution in [0.4, 0.5) is 5.82 Å². The number of halogens is 1. The Bertz CT molecular complexity index is 789. The highest BCUT2D eigenvalue weighted by atomic mass is 35.5. The minimum absolute atomic E-state index is 0.258. The lowest BCUT2D eigenvalue weighted by Gasteiger charge is -2.25. The molecule has 0 aliphatic carbocycles. The normalized spacial score (nSPS) is 12.5. The maximum atomic E-state index is 6.03. The Morgan fingerprint density at radius 1 is 1.09 bits per heavy atom. The van der Waals surface area contributed by atoms with Gasteiger partial charge in [0, 0.05) is 17.0 Å². The number of nitrogens with one attached hydrogen (secondary N) is 1. The van der Waals surface area contributed by atoms with Crippen molar-refractivity contribution in [2.75, 3.05) is 26.0 Å². The summed E-state index contributed by atoms with van der Waals surface area (Å²) in [6.07, 6.45) is 1.56. The summed E-state index contributed by atoms with van der Waals surface area (Å²) in [5.41, 5.74) is 2.11. The molecule has 23 heavy (non-hydrogen) atoms. The van der Waals surface area contributed by atoms with Crippen molar-refractivity contribution < 1.29 is 0 Å². The monoisotopic (exact) mass is 326 g/mol. The first-order valence-electron chi connectivity index (χ1n) is 7.50. The molecule has 3 rings (SSSR count). The molecule has 118 valence electrons. The van der Waals surface area contributed by atoms with Gasteiger partial charge in [-0.2, -0.15) is 0 Å². The molecule has 0 spiro atoms. The van der Waals surface area contributed by atoms with E-state index >= 15 is 0 Å². The number of benzene rings is 2. The van der Waals surface area contributed by atoms with E-state index in [0.29, 0.717) is 5.02 Å². The summed E-state index contributed by atoms with van der Waals surface area (Å²) in [7, 11) is 4.16. The maximum Gasteiger partial charge on any atom is 0.137 e. The van der Waals surface area contributed by atoms with E-state index in [2.05, 4.69) is 58.5 Å². The zero-order valence-electron chi connectivity index (χ0n) is 13.2. The van der Waals surface area contributed by atoms with Crippen LogP contribution in [-0.4, -0.2) is 35.5 Å². The molecule has 4 nitrogen and oxygen atoms in total. The van der Waals surface area contributed by atoms with Crippen LogP contribution in [0.1, 0.15) is 11.6 Å². The van der Waals surface area contributed by atoms with Gasteiger partial charge in [0.2, 0.25) is 0 Å². The molecule has 0 amide bonds. The SMILES string of the molecule is CN(C)C(CNc1ncnc2cc(Cl)ccc12)c1ccccc1. The van der Waals surface area contributed by atoms with Crippen molar-refractivity contribution in [3.05, 3.63) is 65.4 Å². The van der Waals surface area contributed by atoms with Crippen LogP contribution in [0, 0.1) is 0 Å². The fraction of sp³-hybridized carbons (Fsp3) is 0.222. The van der Waals surface area contributed by atoms with Crippen molar-refractivity contribution in [3.63, 3.8) is 0 Å². The Hall–Kier alpha value is -2.17. The van der Waals surface area contributed by atoms with Crippen LogP contribution in [0.15, 0.2) is 54.9 Å². The van der Waals surface area contributed by atoms with E-state index in [-0.39, 0.29) is 6.04 Å². The van der Waals surface area contributed by atoms with Gasteiger partial charge in [-0.3, -0.25) is 0 Å². The number of anilines is 1. The molecule has 0 saturated carbocycles. The molecule has 0 aliphatic heterocycles. The third-order valence-electron chi connectivity index (χ3n) is 3.87. The first-order valence-corrected chi connectivity index (χ1v) is 7.88. The van der Waals surface area contributed by atoms with Crippen LogP contribution in [-0.2, 0) is 0 Å². The van der Waals surface area contributed by atoms with Crippen molar-refractivity contribution in [1.29, 1.82) is 0 Å². The summed E-state index contributed by atoms with van der Waals surface area (Å²) in [5.74, 6) is 0.828. The molecule has 1 unspecified atom stereocenters. The van der Waals surface area contributed by atoms with Gasteiger partial charge in [0.1, 0.15) is 12.1 Å². The number of hydrogen-bond donors (Lipinski definition) is 1. The van der Waals surface area contributed by atoms with Gasteiger partial charge in [0.25, 0.3) is 0 Å². The zero-order valence-corrected chi connectivity index (χ0v) is 14.0. The Morgan fingerprint density at radius 2 is 1.87 bits per heavy atom. The second-order valence-corrected chi connectivity index (χ2v) is 6.09. The van der Waals surface area contributed by atoms with Crippen LogP contribution in [0.5, 0.6) is 0 Å². The summed E-state index contributed by atoms with van der Waals surface area (Å²) < 4.78 is 0. The van der Waals surface area contributed by atoms with Gasteiger partial charge >= 0.3 is 0 Å². The lowest BCUT2D eigenvalue weighted by atomic mass is 10.1. The Morgan fingerprint density at radius 3 is 2.61 bits per heavy atom. The van der Waals surface area contributed by atoms with Crippen LogP contribution in [0.25, 0.3) is 10.9 Å². The van der Waals surface area contributed by atoms with Gasteiger partial charge in [-0.1, -0.05) is 41.9 Å². The summed E-state index contributed by atoms with van der Waals surface area (Å²) in [6, 6.07) is 16.4. The fourth-order valence-corrected chi connectivity index (χ4v) is 2.80. The Labute approximate surface area is 141 Å². The third kappa shape index (κ3) is 3.60. The van der Waals surface area contributed by atoms with Gasteiger partial charge in [-0.15, -0.1) is 0 Å². The highest BCUT2D eigenvalue weighted by molar-refractivity contribution is 6.31. The topological polar surface area (TPSA) is 41.0 Å². The average molecular weight is 327 g/mol. The molecule has 5 heteroatoms. The van der Waals surface area contributed by atoms with E-state index < -0.39 is 0 Å². The number of fused-ring (bicyclic) bond motifs is 1. The van der Waals surface area contributed by atoms with Crippen molar-refractivity contribution in [1.82, 2.24) is 14.9 Å². The minimum Gasteiger partial charge on any atom is -0.368 e. The molecular formula is C18H19ClN4. The number of rotatable bonds is 5. The summed E-state index contributed by atoms with van der Waals surface area (Å²) in [6.45, 7) is 0.756. The zero-order chi connectivity index (χ0) is 16.2. The lowest BCUT2D eigenvalue weighted by Crippen LogP contribution is -2.27. The molecule has 0 saturated heterocycles. The van der Waals surface area contributed by atoms with Crippen LogP contribution < -0.4 is 5.32 Å². The number of hydrogen-bond acceptors (Lipinski definition) is 4. The predicted molar refractivity (Wildman–Crippen MR) is 95.9 cm³/mol. The van der Waals surface area contributed by atoms with Crippen molar-refractivity contribution in [2.45, 2.75) is 6.04 Å². The van der Waals surface area contributed by atoms with Crippen molar-refractivity contribution >= 4 is 28.3 Å². The third-order valence-corrected chi connectivity index (χ3v) is 4.10. The first kappa shape index (κ1) is 15.7. The number of nitrogens with zero attached hydrogens (tertiary/aromatic N) is 3. The van der Waals surface area contributed by atoms with Crippen LogP contribution >= 0.6 is 11.6 Å². The maximum absolute atomic E-state index is 6.03. The van der Waals surface area contributed by atoms with Crippen LogP contribution in [0.2, 0.25) is 5.02 Å².